The zero-order chi connectivity index (χ0) is 20.2. The van der Waals surface area contributed by atoms with E-state index in [0.29, 0.717) is 19.1 Å². The third-order valence-electron chi connectivity index (χ3n) is 7.64. The molecule has 0 bridgehead atoms. The van der Waals surface area contributed by atoms with Crippen LogP contribution < -0.4 is 5.32 Å². The number of rotatable bonds is 2. The molecule has 1 N–H and O–H groups in total. The van der Waals surface area contributed by atoms with E-state index in [1.165, 1.54) is 20.9 Å². The summed E-state index contributed by atoms with van der Waals surface area (Å²) in [4.78, 5) is 18.3. The van der Waals surface area contributed by atoms with Gasteiger partial charge in [0, 0.05) is 48.3 Å². The Balaban J connectivity index is 0.00000204. The first-order valence-electron chi connectivity index (χ1n) is 11.1. The summed E-state index contributed by atoms with van der Waals surface area (Å²) in [6.07, 6.45) is 2.75. The molecule has 1 aromatic carbocycles. The summed E-state index contributed by atoms with van der Waals surface area (Å²) in [5.74, 6) is 0.611. The number of hydrogen-bond acceptors (Lipinski definition) is 5. The number of likely N-dealkylation sites (tertiary alicyclic amines) is 1. The molecular formula is C24H29ClN2O3S. The Morgan fingerprint density at radius 1 is 1.19 bits per heavy atom. The van der Waals surface area contributed by atoms with Crippen LogP contribution in [-0.4, -0.2) is 56.8 Å². The molecule has 31 heavy (non-hydrogen) atoms. The second kappa shape index (κ2) is 8.16. The third-order valence-corrected chi connectivity index (χ3v) is 8.89. The van der Waals surface area contributed by atoms with Gasteiger partial charge in [-0.15, -0.1) is 23.7 Å². The maximum atomic E-state index is 13.5. The normalized spacial score (nSPS) is 28.8. The fraction of sp³-hybridized carbons (Fsp3) is 0.542. The summed E-state index contributed by atoms with van der Waals surface area (Å²) in [7, 11) is 0. The van der Waals surface area contributed by atoms with E-state index in [9.17, 15) is 4.79 Å². The van der Waals surface area contributed by atoms with Crippen molar-refractivity contribution in [3.63, 3.8) is 0 Å². The van der Waals surface area contributed by atoms with Gasteiger partial charge >= 0.3 is 0 Å². The lowest BCUT2D eigenvalue weighted by atomic mass is 9.77. The summed E-state index contributed by atoms with van der Waals surface area (Å²) in [6.45, 7) is 5.24. The van der Waals surface area contributed by atoms with Crippen LogP contribution in [-0.2, 0) is 26.3 Å². The predicted molar refractivity (Wildman–Crippen MR) is 124 cm³/mol. The third kappa shape index (κ3) is 3.35. The second-order valence-corrected chi connectivity index (χ2v) is 10.3. The molecule has 166 valence electrons. The molecule has 1 spiro atoms. The molecule has 1 aromatic heterocycles. The van der Waals surface area contributed by atoms with E-state index in [2.05, 4.69) is 46.6 Å². The van der Waals surface area contributed by atoms with Gasteiger partial charge in [0.05, 0.1) is 30.8 Å². The van der Waals surface area contributed by atoms with Gasteiger partial charge < -0.3 is 19.7 Å². The number of piperidine rings is 1. The SMILES string of the molecule is Cl.O=C(N1CCC2(CC1)OCCc1sc(-c3ccccc3)cc12)[C@]12CNC[C@H]1COC2. The first-order chi connectivity index (χ1) is 14.7. The minimum atomic E-state index is -0.341. The highest BCUT2D eigenvalue weighted by molar-refractivity contribution is 7.15. The average Bonchev–Trinajstić information content (AvgIpc) is 3.49. The minimum absolute atomic E-state index is 0. The molecule has 0 saturated carbocycles. The molecule has 0 unspecified atom stereocenters. The van der Waals surface area contributed by atoms with E-state index in [0.717, 1.165) is 52.0 Å². The Morgan fingerprint density at radius 3 is 2.81 bits per heavy atom. The number of benzene rings is 1. The van der Waals surface area contributed by atoms with Crippen molar-refractivity contribution in [3.8, 4) is 10.4 Å². The standard InChI is InChI=1S/C24H28N2O3S.ClH/c27-22(23-15-25-13-18(23)14-28-16-23)26-9-7-24(8-10-26)19-12-21(17-4-2-1-3-5-17)30-20(19)6-11-29-24;/h1-5,12,18,25H,6-11,13-16H2;1H/t18-,23-;/m0./s1. The van der Waals surface area contributed by atoms with Crippen LogP contribution in [0.3, 0.4) is 0 Å². The zero-order valence-corrected chi connectivity index (χ0v) is 19.2. The lowest BCUT2D eigenvalue weighted by Crippen LogP contribution is -2.54. The molecule has 3 saturated heterocycles. The van der Waals surface area contributed by atoms with Crippen molar-refractivity contribution in [1.82, 2.24) is 10.2 Å². The molecule has 5 heterocycles. The minimum Gasteiger partial charge on any atom is -0.380 e. The number of ether oxygens (including phenoxy) is 2. The average molecular weight is 461 g/mol. The largest absolute Gasteiger partial charge is 0.380 e. The van der Waals surface area contributed by atoms with E-state index in [-0.39, 0.29) is 29.3 Å². The molecule has 6 rings (SSSR count). The maximum Gasteiger partial charge on any atom is 0.232 e. The van der Waals surface area contributed by atoms with Crippen molar-refractivity contribution in [1.29, 1.82) is 0 Å². The van der Waals surface area contributed by atoms with Crippen LogP contribution in [0.1, 0.15) is 23.3 Å². The number of amides is 1. The Bertz CT molecular complexity index is 945. The molecule has 2 atom stereocenters. The number of nitrogens with one attached hydrogen (secondary N) is 1. The van der Waals surface area contributed by atoms with Crippen molar-refractivity contribution in [2.24, 2.45) is 11.3 Å². The number of hydrogen-bond donors (Lipinski definition) is 1. The van der Waals surface area contributed by atoms with Crippen LogP contribution in [0.15, 0.2) is 36.4 Å². The van der Waals surface area contributed by atoms with E-state index in [1.807, 2.05) is 11.3 Å². The molecule has 0 radical (unpaired) electrons. The van der Waals surface area contributed by atoms with E-state index < -0.39 is 0 Å². The van der Waals surface area contributed by atoms with Crippen LogP contribution in [0.25, 0.3) is 10.4 Å². The van der Waals surface area contributed by atoms with Gasteiger partial charge in [0.1, 0.15) is 0 Å². The molecule has 3 fully saturated rings. The lowest BCUT2D eigenvalue weighted by Gasteiger charge is -2.45. The summed E-state index contributed by atoms with van der Waals surface area (Å²) in [6, 6.07) is 13.0. The highest BCUT2D eigenvalue weighted by Crippen LogP contribution is 2.47. The van der Waals surface area contributed by atoms with E-state index in [1.54, 1.807) is 0 Å². The number of thiophene rings is 1. The smallest absolute Gasteiger partial charge is 0.232 e. The van der Waals surface area contributed by atoms with Crippen molar-refractivity contribution in [3.05, 3.63) is 46.8 Å². The van der Waals surface area contributed by atoms with Gasteiger partial charge in [-0.1, -0.05) is 30.3 Å². The van der Waals surface area contributed by atoms with Crippen molar-refractivity contribution in [2.45, 2.75) is 24.9 Å². The van der Waals surface area contributed by atoms with Crippen LogP contribution in [0.2, 0.25) is 0 Å². The van der Waals surface area contributed by atoms with Gasteiger partial charge in [-0.3, -0.25) is 4.79 Å². The van der Waals surface area contributed by atoms with Gasteiger partial charge in [-0.2, -0.15) is 0 Å². The Kier molecular flexibility index (Phi) is 5.64. The quantitative estimate of drug-likeness (QED) is 0.745. The number of fused-ring (bicyclic) bond motifs is 3. The molecule has 5 nitrogen and oxygen atoms in total. The Hall–Kier alpha value is -1.44. The number of carbonyl (C=O) groups excluding carboxylic acids is 1. The fourth-order valence-electron chi connectivity index (χ4n) is 5.85. The number of carbonyl (C=O) groups is 1. The lowest BCUT2D eigenvalue weighted by molar-refractivity contribution is -0.151. The fourth-order valence-corrected chi connectivity index (χ4v) is 7.09. The summed E-state index contributed by atoms with van der Waals surface area (Å²) in [5.41, 5.74) is 2.07. The first kappa shape index (κ1) is 21.4. The summed E-state index contributed by atoms with van der Waals surface area (Å²) in [5, 5.41) is 3.42. The number of nitrogens with zero attached hydrogens (tertiary/aromatic N) is 1. The van der Waals surface area contributed by atoms with Crippen LogP contribution in [0, 0.1) is 11.3 Å². The second-order valence-electron chi connectivity index (χ2n) is 9.20. The Labute approximate surface area is 193 Å². The first-order valence-corrected chi connectivity index (χ1v) is 11.9. The molecule has 7 heteroatoms. The summed E-state index contributed by atoms with van der Waals surface area (Å²) >= 11 is 1.91. The highest BCUT2D eigenvalue weighted by Gasteiger charge is 2.55. The van der Waals surface area contributed by atoms with Crippen molar-refractivity contribution < 1.29 is 14.3 Å². The van der Waals surface area contributed by atoms with Crippen LogP contribution in [0.5, 0.6) is 0 Å². The summed E-state index contributed by atoms with van der Waals surface area (Å²) < 4.78 is 12.2. The van der Waals surface area contributed by atoms with Gasteiger partial charge in [0.25, 0.3) is 0 Å². The topological polar surface area (TPSA) is 50.8 Å². The zero-order valence-electron chi connectivity index (χ0n) is 17.6. The van der Waals surface area contributed by atoms with Crippen molar-refractivity contribution >= 4 is 29.7 Å². The molecule has 0 aliphatic carbocycles. The monoisotopic (exact) mass is 460 g/mol. The van der Waals surface area contributed by atoms with E-state index >= 15 is 0 Å². The van der Waals surface area contributed by atoms with E-state index in [4.69, 9.17) is 9.47 Å². The van der Waals surface area contributed by atoms with Gasteiger partial charge in [0.2, 0.25) is 5.91 Å². The maximum absolute atomic E-state index is 13.5. The molecular weight excluding hydrogens is 432 g/mol. The van der Waals surface area contributed by atoms with Gasteiger partial charge in [0.15, 0.2) is 0 Å². The molecule has 2 aromatic rings. The van der Waals surface area contributed by atoms with Gasteiger partial charge in [-0.05, 0) is 30.0 Å². The molecule has 1 amide bonds. The highest BCUT2D eigenvalue weighted by atomic mass is 35.5. The van der Waals surface area contributed by atoms with Crippen LogP contribution in [0.4, 0.5) is 0 Å². The Morgan fingerprint density at radius 2 is 2.00 bits per heavy atom. The van der Waals surface area contributed by atoms with Gasteiger partial charge in [-0.25, -0.2) is 0 Å². The van der Waals surface area contributed by atoms with Crippen molar-refractivity contribution in [2.75, 3.05) is 46.0 Å². The number of halogens is 1. The molecule has 4 aliphatic heterocycles. The predicted octanol–water partition coefficient (Wildman–Crippen LogP) is 3.46. The van der Waals surface area contributed by atoms with Crippen LogP contribution >= 0.6 is 23.7 Å². The molecule has 4 aliphatic rings.